The zero-order valence-electron chi connectivity index (χ0n) is 15.8. The fraction of sp³-hybridized carbons (Fsp3) is 0.588. The van der Waals surface area contributed by atoms with Crippen molar-refractivity contribution in [1.29, 1.82) is 0 Å². The first-order valence-corrected chi connectivity index (χ1v) is 8.93. The van der Waals surface area contributed by atoms with Crippen molar-refractivity contribution in [2.24, 2.45) is 11.7 Å². The first-order chi connectivity index (χ1) is 13.1. The van der Waals surface area contributed by atoms with Crippen LogP contribution in [0.2, 0.25) is 0 Å². The summed E-state index contributed by atoms with van der Waals surface area (Å²) in [4.78, 5) is 53.7. The second-order valence-corrected chi connectivity index (χ2v) is 6.59. The number of hydrogen-bond acceptors (Lipinski definition) is 6. The minimum Gasteiger partial charge on any atom is -0.481 e. The van der Waals surface area contributed by atoms with E-state index in [4.69, 9.17) is 10.8 Å². The van der Waals surface area contributed by atoms with Crippen LogP contribution in [0.5, 0.6) is 0 Å². The largest absolute Gasteiger partial charge is 0.481 e. The topological polar surface area (TPSA) is 187 Å². The van der Waals surface area contributed by atoms with Gasteiger partial charge in [0.2, 0.25) is 11.8 Å². The number of nitrogens with two attached hydrogens (primary N) is 1. The molecule has 0 aliphatic carbocycles. The highest BCUT2D eigenvalue weighted by Gasteiger charge is 2.30. The summed E-state index contributed by atoms with van der Waals surface area (Å²) in [5, 5.41) is 23.0. The van der Waals surface area contributed by atoms with E-state index < -0.39 is 41.9 Å². The minimum absolute atomic E-state index is 0.143. The average molecular weight is 397 g/mol. The third-order valence-electron chi connectivity index (χ3n) is 4.39. The molecule has 0 spiro atoms. The number of aliphatic carboxylic acids is 2. The summed E-state index contributed by atoms with van der Waals surface area (Å²) in [6.45, 7) is 3.45. The first-order valence-electron chi connectivity index (χ1n) is 8.93. The number of nitrogens with one attached hydrogen (secondary N) is 3. The van der Waals surface area contributed by atoms with Gasteiger partial charge >= 0.3 is 11.9 Å². The number of carbonyl (C=O) groups is 4. The lowest BCUT2D eigenvalue weighted by molar-refractivity contribution is -0.144. The van der Waals surface area contributed by atoms with Crippen molar-refractivity contribution >= 4 is 23.8 Å². The van der Waals surface area contributed by atoms with Gasteiger partial charge in [0.25, 0.3) is 0 Å². The second-order valence-electron chi connectivity index (χ2n) is 6.59. The molecule has 0 aliphatic rings. The van der Waals surface area contributed by atoms with E-state index in [1.165, 1.54) is 12.5 Å². The number of amides is 2. The smallest absolute Gasteiger partial charge is 0.326 e. The molecule has 2 amide bonds. The van der Waals surface area contributed by atoms with E-state index in [-0.39, 0.29) is 25.2 Å². The Morgan fingerprint density at radius 3 is 2.39 bits per heavy atom. The first kappa shape index (κ1) is 23.1. The van der Waals surface area contributed by atoms with Gasteiger partial charge in [-0.05, 0) is 12.3 Å². The number of aromatic amines is 1. The van der Waals surface area contributed by atoms with Gasteiger partial charge in [-0.3, -0.25) is 14.4 Å². The molecule has 1 rings (SSSR count). The number of carboxylic acid groups (broad SMARTS) is 2. The highest BCUT2D eigenvalue weighted by Crippen LogP contribution is 2.09. The molecule has 7 N–H and O–H groups in total. The maximum absolute atomic E-state index is 12.5. The van der Waals surface area contributed by atoms with E-state index in [2.05, 4.69) is 20.6 Å². The molecule has 11 nitrogen and oxygen atoms in total. The fourth-order valence-corrected chi connectivity index (χ4v) is 2.48. The highest BCUT2D eigenvalue weighted by molar-refractivity contribution is 5.92. The molecular weight excluding hydrogens is 370 g/mol. The zero-order chi connectivity index (χ0) is 21.3. The summed E-state index contributed by atoms with van der Waals surface area (Å²) in [7, 11) is 0. The van der Waals surface area contributed by atoms with Crippen LogP contribution in [0.4, 0.5) is 0 Å². The van der Waals surface area contributed by atoms with Gasteiger partial charge in [-0.1, -0.05) is 20.3 Å². The monoisotopic (exact) mass is 397 g/mol. The van der Waals surface area contributed by atoms with Crippen molar-refractivity contribution in [1.82, 2.24) is 20.6 Å². The molecule has 0 fully saturated rings. The van der Waals surface area contributed by atoms with Crippen LogP contribution in [0.1, 0.15) is 38.8 Å². The number of rotatable bonds is 12. The predicted octanol–water partition coefficient (Wildman–Crippen LogP) is -0.755. The van der Waals surface area contributed by atoms with Crippen LogP contribution in [0.15, 0.2) is 12.5 Å². The zero-order valence-corrected chi connectivity index (χ0v) is 15.8. The third kappa shape index (κ3) is 7.35. The van der Waals surface area contributed by atoms with Gasteiger partial charge in [0.1, 0.15) is 12.1 Å². The van der Waals surface area contributed by atoms with Crippen molar-refractivity contribution in [3.8, 4) is 0 Å². The molecule has 1 heterocycles. The Morgan fingerprint density at radius 1 is 1.21 bits per heavy atom. The molecule has 156 valence electrons. The molecule has 0 saturated heterocycles. The molecule has 11 heteroatoms. The normalized spacial score (nSPS) is 15.1. The minimum atomic E-state index is -1.22. The van der Waals surface area contributed by atoms with E-state index in [0.717, 1.165) is 0 Å². The van der Waals surface area contributed by atoms with Crippen molar-refractivity contribution in [3.05, 3.63) is 18.2 Å². The maximum atomic E-state index is 12.5. The number of H-pyrrole nitrogens is 1. The quantitative estimate of drug-likeness (QED) is 0.265. The summed E-state index contributed by atoms with van der Waals surface area (Å²) in [5.41, 5.74) is 6.45. The summed E-state index contributed by atoms with van der Waals surface area (Å²) < 4.78 is 0. The molecular formula is C17H27N5O6. The maximum Gasteiger partial charge on any atom is 0.326 e. The van der Waals surface area contributed by atoms with Crippen LogP contribution in [0.25, 0.3) is 0 Å². The summed E-state index contributed by atoms with van der Waals surface area (Å²) in [6.07, 6.45) is 3.02. The summed E-state index contributed by atoms with van der Waals surface area (Å²) >= 11 is 0. The number of carboxylic acids is 2. The highest BCUT2D eigenvalue weighted by atomic mass is 16.4. The molecule has 1 aromatic heterocycles. The van der Waals surface area contributed by atoms with Crippen molar-refractivity contribution in [3.63, 3.8) is 0 Å². The van der Waals surface area contributed by atoms with Crippen molar-refractivity contribution < 1.29 is 29.4 Å². The van der Waals surface area contributed by atoms with Gasteiger partial charge in [0.05, 0.1) is 12.4 Å². The molecule has 0 radical (unpaired) electrons. The molecule has 0 saturated carbocycles. The van der Waals surface area contributed by atoms with Gasteiger partial charge in [-0.15, -0.1) is 0 Å². The molecule has 28 heavy (non-hydrogen) atoms. The molecule has 0 bridgehead atoms. The standard InChI is InChI=1S/C17H27N5O6/c1-3-9(2)14(17(27)28)22-16(26)12(4-5-13(23)24)21-15(25)11(18)6-10-7-19-8-20-10/h7-9,11-12,14H,3-6,18H2,1-2H3,(H,19,20)(H,21,25)(H,22,26)(H,23,24)(H,27,28)/t9-,11-,12-,14-/m0/s1. The molecule has 0 unspecified atom stereocenters. The van der Waals surface area contributed by atoms with Crippen LogP contribution in [-0.4, -0.2) is 62.1 Å². The number of imidazole rings is 1. The van der Waals surface area contributed by atoms with Gasteiger partial charge in [-0.2, -0.15) is 0 Å². The average Bonchev–Trinajstić information content (AvgIpc) is 3.14. The Hall–Kier alpha value is -2.95. The SMILES string of the molecule is CC[C@H](C)[C@H](NC(=O)[C@H](CCC(=O)O)NC(=O)[C@@H](N)Cc1cnc[nH]1)C(=O)O. The number of aromatic nitrogens is 2. The van der Waals surface area contributed by atoms with Crippen LogP contribution >= 0.6 is 0 Å². The van der Waals surface area contributed by atoms with Crippen molar-refractivity contribution in [2.75, 3.05) is 0 Å². The van der Waals surface area contributed by atoms with E-state index >= 15 is 0 Å². The predicted molar refractivity (Wildman–Crippen MR) is 98.1 cm³/mol. The molecule has 0 aromatic carbocycles. The lowest BCUT2D eigenvalue weighted by Crippen LogP contribution is -2.56. The lowest BCUT2D eigenvalue weighted by Gasteiger charge is -2.25. The van der Waals surface area contributed by atoms with Crippen LogP contribution in [-0.2, 0) is 25.6 Å². The number of hydrogen-bond donors (Lipinski definition) is 6. The van der Waals surface area contributed by atoms with Gasteiger partial charge in [0, 0.05) is 24.7 Å². The third-order valence-corrected chi connectivity index (χ3v) is 4.39. The number of nitrogens with zero attached hydrogens (tertiary/aromatic N) is 1. The van der Waals surface area contributed by atoms with Crippen LogP contribution in [0, 0.1) is 5.92 Å². The van der Waals surface area contributed by atoms with Crippen molar-refractivity contribution in [2.45, 2.75) is 57.7 Å². The Bertz CT molecular complexity index is 678. The van der Waals surface area contributed by atoms with E-state index in [0.29, 0.717) is 12.1 Å². The molecule has 1 aromatic rings. The summed E-state index contributed by atoms with van der Waals surface area (Å²) in [6, 6.07) is -3.37. The molecule has 4 atom stereocenters. The molecule has 0 aliphatic heterocycles. The number of carbonyl (C=O) groups excluding carboxylic acids is 2. The van der Waals surface area contributed by atoms with Gasteiger partial charge in [0.15, 0.2) is 0 Å². The Labute approximate surface area is 162 Å². The van der Waals surface area contributed by atoms with Gasteiger partial charge < -0.3 is 31.6 Å². The van der Waals surface area contributed by atoms with Gasteiger partial charge in [-0.25, -0.2) is 9.78 Å². The summed E-state index contributed by atoms with van der Waals surface area (Å²) in [5.74, 6) is -4.13. The second kappa shape index (κ2) is 11.0. The van der Waals surface area contributed by atoms with E-state index in [1.807, 2.05) is 0 Å². The van der Waals surface area contributed by atoms with Crippen LogP contribution in [0.3, 0.4) is 0 Å². The van der Waals surface area contributed by atoms with Crippen LogP contribution < -0.4 is 16.4 Å². The van der Waals surface area contributed by atoms with E-state index in [9.17, 15) is 24.3 Å². The lowest BCUT2D eigenvalue weighted by atomic mass is 9.98. The Kier molecular flexibility index (Phi) is 9.09. The fourth-order valence-electron chi connectivity index (χ4n) is 2.48. The Balaban J connectivity index is 2.82. The van der Waals surface area contributed by atoms with E-state index in [1.54, 1.807) is 13.8 Å². The Morgan fingerprint density at radius 2 is 1.89 bits per heavy atom.